The normalized spacial score (nSPS) is 23.9. The quantitative estimate of drug-likeness (QED) is 0.759. The van der Waals surface area contributed by atoms with Crippen LogP contribution in [0, 0.1) is 5.92 Å². The summed E-state index contributed by atoms with van der Waals surface area (Å²) < 4.78 is 0. The molecule has 0 aromatic carbocycles. The molecule has 3 nitrogen and oxygen atoms in total. The highest BCUT2D eigenvalue weighted by molar-refractivity contribution is 5.76. The first-order valence-corrected chi connectivity index (χ1v) is 7.70. The van der Waals surface area contributed by atoms with Crippen molar-refractivity contribution in [1.82, 2.24) is 4.90 Å². The molecule has 2 atom stereocenters. The minimum Gasteiger partial charge on any atom is -0.343 e. The summed E-state index contributed by atoms with van der Waals surface area (Å²) in [6.07, 6.45) is 8.67. The summed E-state index contributed by atoms with van der Waals surface area (Å²) in [5.41, 5.74) is 5.99. The molecule has 1 rings (SSSR count). The molecule has 0 aromatic rings. The highest BCUT2D eigenvalue weighted by Gasteiger charge is 2.21. The summed E-state index contributed by atoms with van der Waals surface area (Å²) in [4.78, 5) is 14.2. The number of amides is 1. The van der Waals surface area contributed by atoms with Gasteiger partial charge in [0.2, 0.25) is 5.91 Å². The molecule has 3 heteroatoms. The maximum Gasteiger partial charge on any atom is 0.222 e. The Morgan fingerprint density at radius 3 is 2.44 bits per heavy atom. The van der Waals surface area contributed by atoms with Crippen LogP contribution in [0.5, 0.6) is 0 Å². The van der Waals surface area contributed by atoms with Gasteiger partial charge in [-0.2, -0.15) is 0 Å². The molecule has 0 heterocycles. The predicted molar refractivity (Wildman–Crippen MR) is 76.3 cm³/mol. The number of hydrogen-bond acceptors (Lipinski definition) is 2. The van der Waals surface area contributed by atoms with Gasteiger partial charge >= 0.3 is 0 Å². The van der Waals surface area contributed by atoms with E-state index >= 15 is 0 Å². The fraction of sp³-hybridized carbons (Fsp3) is 0.933. The van der Waals surface area contributed by atoms with Crippen molar-refractivity contribution < 1.29 is 4.79 Å². The molecule has 1 fully saturated rings. The Kier molecular flexibility index (Phi) is 7.33. The Bertz CT molecular complexity index is 237. The first kappa shape index (κ1) is 15.5. The Morgan fingerprint density at radius 1 is 1.22 bits per heavy atom. The van der Waals surface area contributed by atoms with E-state index in [9.17, 15) is 4.79 Å². The summed E-state index contributed by atoms with van der Waals surface area (Å²) in [7, 11) is 0. The fourth-order valence-corrected chi connectivity index (χ4v) is 2.98. The van der Waals surface area contributed by atoms with E-state index in [4.69, 9.17) is 5.73 Å². The average Bonchev–Trinajstić information content (AvgIpc) is 2.36. The molecule has 0 spiro atoms. The monoisotopic (exact) mass is 254 g/mol. The van der Waals surface area contributed by atoms with Crippen molar-refractivity contribution in [2.75, 3.05) is 13.1 Å². The topological polar surface area (TPSA) is 46.3 Å². The van der Waals surface area contributed by atoms with Gasteiger partial charge in [-0.1, -0.05) is 26.7 Å². The summed E-state index contributed by atoms with van der Waals surface area (Å²) in [5, 5.41) is 0. The third kappa shape index (κ3) is 5.38. The van der Waals surface area contributed by atoms with Gasteiger partial charge in [0.15, 0.2) is 0 Å². The molecule has 1 amide bonds. The first-order valence-electron chi connectivity index (χ1n) is 7.70. The van der Waals surface area contributed by atoms with Crippen LogP contribution in [-0.2, 0) is 4.79 Å². The Labute approximate surface area is 112 Å². The summed E-state index contributed by atoms with van der Waals surface area (Å²) in [6.45, 7) is 6.10. The Balaban J connectivity index is 2.29. The molecule has 106 valence electrons. The van der Waals surface area contributed by atoms with Crippen molar-refractivity contribution in [2.24, 2.45) is 11.7 Å². The van der Waals surface area contributed by atoms with Crippen molar-refractivity contribution in [3.63, 3.8) is 0 Å². The lowest BCUT2D eigenvalue weighted by atomic mass is 9.83. The first-order chi connectivity index (χ1) is 8.67. The standard InChI is InChI=1S/C15H30N2O/c1-3-10-17(11-4-2)15(18)9-8-13-6-5-7-14(16)12-13/h13-14H,3-12,16H2,1-2H3. The molecule has 1 saturated carbocycles. The molecule has 0 saturated heterocycles. The number of nitrogens with two attached hydrogens (primary N) is 1. The minimum absolute atomic E-state index is 0.345. The SMILES string of the molecule is CCCN(CCC)C(=O)CCC1CCCC(N)C1. The van der Waals surface area contributed by atoms with Gasteiger partial charge in [-0.3, -0.25) is 4.79 Å². The van der Waals surface area contributed by atoms with Crippen LogP contribution in [0.1, 0.15) is 65.2 Å². The van der Waals surface area contributed by atoms with Crippen LogP contribution in [0.4, 0.5) is 0 Å². The smallest absolute Gasteiger partial charge is 0.222 e. The van der Waals surface area contributed by atoms with E-state index in [0.29, 0.717) is 17.9 Å². The molecule has 1 aliphatic carbocycles. The molecule has 18 heavy (non-hydrogen) atoms. The van der Waals surface area contributed by atoms with E-state index in [2.05, 4.69) is 13.8 Å². The lowest BCUT2D eigenvalue weighted by Gasteiger charge is -2.27. The molecule has 0 aliphatic heterocycles. The molecular formula is C15H30N2O. The van der Waals surface area contributed by atoms with E-state index in [-0.39, 0.29) is 0 Å². The van der Waals surface area contributed by atoms with E-state index in [1.807, 2.05) is 4.90 Å². The third-order valence-corrected chi connectivity index (χ3v) is 3.93. The highest BCUT2D eigenvalue weighted by Crippen LogP contribution is 2.27. The van der Waals surface area contributed by atoms with Gasteiger partial charge in [0.25, 0.3) is 0 Å². The van der Waals surface area contributed by atoms with Crippen LogP contribution in [0.15, 0.2) is 0 Å². The molecule has 1 aliphatic rings. The van der Waals surface area contributed by atoms with E-state index < -0.39 is 0 Å². The van der Waals surface area contributed by atoms with Crippen molar-refractivity contribution >= 4 is 5.91 Å². The lowest BCUT2D eigenvalue weighted by Crippen LogP contribution is -2.33. The van der Waals surface area contributed by atoms with Gasteiger partial charge in [-0.05, 0) is 38.0 Å². The van der Waals surface area contributed by atoms with Crippen LogP contribution in [0.2, 0.25) is 0 Å². The number of rotatable bonds is 7. The fourth-order valence-electron chi connectivity index (χ4n) is 2.98. The van der Waals surface area contributed by atoms with Gasteiger partial charge in [-0.25, -0.2) is 0 Å². The average molecular weight is 254 g/mol. The van der Waals surface area contributed by atoms with Crippen molar-refractivity contribution in [3.05, 3.63) is 0 Å². The summed E-state index contributed by atoms with van der Waals surface area (Å²) in [6, 6.07) is 0.376. The maximum absolute atomic E-state index is 12.1. The maximum atomic E-state index is 12.1. The van der Waals surface area contributed by atoms with Gasteiger partial charge in [0, 0.05) is 25.6 Å². The summed E-state index contributed by atoms with van der Waals surface area (Å²) in [5.74, 6) is 1.03. The lowest BCUT2D eigenvalue weighted by molar-refractivity contribution is -0.131. The summed E-state index contributed by atoms with van der Waals surface area (Å²) >= 11 is 0. The number of hydrogen-bond donors (Lipinski definition) is 1. The number of nitrogens with zero attached hydrogens (tertiary/aromatic N) is 1. The van der Waals surface area contributed by atoms with Crippen LogP contribution in [0.3, 0.4) is 0 Å². The predicted octanol–water partition coefficient (Wildman–Crippen LogP) is 2.93. The zero-order chi connectivity index (χ0) is 13.4. The van der Waals surface area contributed by atoms with Crippen molar-refractivity contribution in [1.29, 1.82) is 0 Å². The van der Waals surface area contributed by atoms with Crippen molar-refractivity contribution in [3.8, 4) is 0 Å². The van der Waals surface area contributed by atoms with Crippen LogP contribution >= 0.6 is 0 Å². The van der Waals surface area contributed by atoms with E-state index in [1.54, 1.807) is 0 Å². The second-order valence-corrected chi connectivity index (χ2v) is 5.71. The number of carbonyl (C=O) groups excluding carboxylic acids is 1. The largest absolute Gasteiger partial charge is 0.343 e. The van der Waals surface area contributed by atoms with Gasteiger partial charge in [0.1, 0.15) is 0 Å². The van der Waals surface area contributed by atoms with Crippen LogP contribution in [0.25, 0.3) is 0 Å². The Morgan fingerprint density at radius 2 is 1.89 bits per heavy atom. The number of carbonyl (C=O) groups is 1. The van der Waals surface area contributed by atoms with Crippen LogP contribution < -0.4 is 5.73 Å². The zero-order valence-corrected chi connectivity index (χ0v) is 12.2. The van der Waals surface area contributed by atoms with E-state index in [1.165, 1.54) is 19.3 Å². The second kappa shape index (κ2) is 8.52. The molecular weight excluding hydrogens is 224 g/mol. The molecule has 2 unspecified atom stereocenters. The van der Waals surface area contributed by atoms with E-state index in [0.717, 1.165) is 45.2 Å². The second-order valence-electron chi connectivity index (χ2n) is 5.71. The molecule has 2 N–H and O–H groups in total. The molecule has 0 radical (unpaired) electrons. The van der Waals surface area contributed by atoms with Gasteiger partial charge in [-0.15, -0.1) is 0 Å². The minimum atomic E-state index is 0.345. The third-order valence-electron chi connectivity index (χ3n) is 3.93. The Hall–Kier alpha value is -0.570. The van der Waals surface area contributed by atoms with Gasteiger partial charge < -0.3 is 10.6 Å². The van der Waals surface area contributed by atoms with Crippen LogP contribution in [-0.4, -0.2) is 29.9 Å². The molecule has 0 aromatic heterocycles. The molecule has 0 bridgehead atoms. The van der Waals surface area contributed by atoms with Crippen molar-refractivity contribution in [2.45, 2.75) is 71.3 Å². The van der Waals surface area contributed by atoms with Gasteiger partial charge in [0.05, 0.1) is 0 Å². The zero-order valence-electron chi connectivity index (χ0n) is 12.2. The highest BCUT2D eigenvalue weighted by atomic mass is 16.2.